The lowest BCUT2D eigenvalue weighted by atomic mass is 10.2. The van der Waals surface area contributed by atoms with E-state index in [1.807, 2.05) is 0 Å². The average Bonchev–Trinajstić information content (AvgIpc) is 2.31. The molecule has 0 fully saturated rings. The van der Waals surface area contributed by atoms with Crippen molar-refractivity contribution in [3.05, 3.63) is 23.2 Å². The molecule has 0 unspecified atom stereocenters. The fourth-order valence-corrected chi connectivity index (χ4v) is 1.56. The molecule has 1 aromatic rings. The van der Waals surface area contributed by atoms with Crippen molar-refractivity contribution in [2.24, 2.45) is 0 Å². The fourth-order valence-electron chi connectivity index (χ4n) is 1.38. The largest absolute Gasteiger partial charge is 0.411 e. The molecule has 0 radical (unpaired) electrons. The van der Waals surface area contributed by atoms with E-state index in [0.717, 1.165) is 0 Å². The minimum absolute atomic E-state index is 0.0416. The fraction of sp³-hybridized carbons (Fsp3) is 0.417. The van der Waals surface area contributed by atoms with Crippen molar-refractivity contribution >= 4 is 28.9 Å². The van der Waals surface area contributed by atoms with Gasteiger partial charge in [-0.2, -0.15) is 13.2 Å². The number of nitrogens with two attached hydrogens (primary N) is 1. The van der Waals surface area contributed by atoms with Crippen molar-refractivity contribution in [1.82, 2.24) is 0 Å². The topological polar surface area (TPSA) is 64.3 Å². The number of benzene rings is 1. The lowest BCUT2D eigenvalue weighted by molar-refractivity contribution is -0.174. The van der Waals surface area contributed by atoms with E-state index in [1.165, 1.54) is 6.07 Å². The minimum atomic E-state index is -4.35. The Hall–Kier alpha value is -1.47. The highest BCUT2D eigenvalue weighted by molar-refractivity contribution is 6.31. The normalized spacial score (nSPS) is 11.4. The Morgan fingerprint density at radius 1 is 1.40 bits per heavy atom. The van der Waals surface area contributed by atoms with E-state index >= 15 is 0 Å². The maximum Gasteiger partial charge on any atom is 0.411 e. The standard InChI is InChI=1S/C12H14ClF3N2O2/c13-8-3-4-10(9(17)6-8)18-11(19)2-1-5-20-7-12(14,15)16/h3-4,6H,1-2,5,7,17H2,(H,18,19). The van der Waals surface area contributed by atoms with Gasteiger partial charge in [0, 0.05) is 18.1 Å². The Kier molecular flexibility index (Phi) is 6.09. The molecule has 0 aliphatic rings. The van der Waals surface area contributed by atoms with Crippen LogP contribution in [0.1, 0.15) is 12.8 Å². The predicted octanol–water partition coefficient (Wildman–Crippen LogP) is 3.22. The van der Waals surface area contributed by atoms with E-state index in [4.69, 9.17) is 17.3 Å². The Morgan fingerprint density at radius 2 is 2.10 bits per heavy atom. The molecule has 0 aromatic heterocycles. The third-order valence-electron chi connectivity index (χ3n) is 2.25. The molecular formula is C12H14ClF3N2O2. The summed E-state index contributed by atoms with van der Waals surface area (Å²) in [5.74, 6) is -0.352. The number of halogens is 4. The second kappa shape index (κ2) is 7.35. The van der Waals surface area contributed by atoms with Gasteiger partial charge in [0.15, 0.2) is 0 Å². The number of hydrogen-bond donors (Lipinski definition) is 2. The van der Waals surface area contributed by atoms with E-state index in [-0.39, 0.29) is 25.4 Å². The van der Waals surface area contributed by atoms with Gasteiger partial charge < -0.3 is 15.8 Å². The van der Waals surface area contributed by atoms with Gasteiger partial charge in [-0.3, -0.25) is 4.79 Å². The molecule has 1 rings (SSSR count). The molecule has 20 heavy (non-hydrogen) atoms. The maximum absolute atomic E-state index is 11.8. The number of carbonyl (C=O) groups excluding carboxylic acids is 1. The summed E-state index contributed by atoms with van der Waals surface area (Å²) in [5.41, 5.74) is 6.38. The Labute approximate surface area is 119 Å². The van der Waals surface area contributed by atoms with Gasteiger partial charge in [0.25, 0.3) is 0 Å². The van der Waals surface area contributed by atoms with Crippen LogP contribution in [0.4, 0.5) is 24.5 Å². The van der Waals surface area contributed by atoms with Crippen molar-refractivity contribution in [1.29, 1.82) is 0 Å². The molecule has 8 heteroatoms. The molecule has 3 N–H and O–H groups in total. The van der Waals surface area contributed by atoms with Crippen LogP contribution >= 0.6 is 11.6 Å². The van der Waals surface area contributed by atoms with Gasteiger partial charge in [0.05, 0.1) is 11.4 Å². The van der Waals surface area contributed by atoms with Crippen molar-refractivity contribution in [3.8, 4) is 0 Å². The van der Waals surface area contributed by atoms with E-state index < -0.39 is 12.8 Å². The molecule has 4 nitrogen and oxygen atoms in total. The number of alkyl halides is 3. The zero-order chi connectivity index (χ0) is 15.2. The average molecular weight is 311 g/mol. The highest BCUT2D eigenvalue weighted by Crippen LogP contribution is 2.22. The van der Waals surface area contributed by atoms with Gasteiger partial charge in [-0.1, -0.05) is 11.6 Å². The number of rotatable bonds is 6. The molecule has 0 aliphatic heterocycles. The number of anilines is 2. The zero-order valence-electron chi connectivity index (χ0n) is 10.5. The summed E-state index contributed by atoms with van der Waals surface area (Å²) in [6.07, 6.45) is -4.12. The second-order valence-corrected chi connectivity index (χ2v) is 4.49. The summed E-state index contributed by atoms with van der Waals surface area (Å²) in [7, 11) is 0. The summed E-state index contributed by atoms with van der Waals surface area (Å²) >= 11 is 5.71. The van der Waals surface area contributed by atoms with Crippen LogP contribution < -0.4 is 11.1 Å². The number of ether oxygens (including phenoxy) is 1. The first kappa shape index (κ1) is 16.6. The molecular weight excluding hydrogens is 297 g/mol. The van der Waals surface area contributed by atoms with E-state index in [0.29, 0.717) is 16.4 Å². The smallest absolute Gasteiger partial charge is 0.397 e. The molecule has 1 amide bonds. The van der Waals surface area contributed by atoms with Gasteiger partial charge in [-0.25, -0.2) is 0 Å². The molecule has 0 saturated heterocycles. The summed E-state index contributed by atoms with van der Waals surface area (Å²) in [4.78, 5) is 11.5. The molecule has 0 atom stereocenters. The van der Waals surface area contributed by atoms with Gasteiger partial charge >= 0.3 is 6.18 Å². The van der Waals surface area contributed by atoms with Gasteiger partial charge in [0.1, 0.15) is 6.61 Å². The first-order chi connectivity index (χ1) is 9.28. The van der Waals surface area contributed by atoms with E-state index in [2.05, 4.69) is 10.1 Å². The molecule has 1 aromatic carbocycles. The monoisotopic (exact) mass is 310 g/mol. The van der Waals surface area contributed by atoms with Gasteiger partial charge in [-0.15, -0.1) is 0 Å². The second-order valence-electron chi connectivity index (χ2n) is 4.05. The van der Waals surface area contributed by atoms with Crippen LogP contribution in [0.2, 0.25) is 5.02 Å². The third-order valence-corrected chi connectivity index (χ3v) is 2.48. The summed E-state index contributed by atoms with van der Waals surface area (Å²) in [6, 6.07) is 4.61. The zero-order valence-corrected chi connectivity index (χ0v) is 11.2. The predicted molar refractivity (Wildman–Crippen MR) is 70.6 cm³/mol. The lowest BCUT2D eigenvalue weighted by Gasteiger charge is -2.09. The number of nitrogens with one attached hydrogen (secondary N) is 1. The maximum atomic E-state index is 11.8. The molecule has 112 valence electrons. The third kappa shape index (κ3) is 6.63. The molecule has 0 spiro atoms. The van der Waals surface area contributed by atoms with Crippen molar-refractivity contribution in [2.45, 2.75) is 19.0 Å². The highest BCUT2D eigenvalue weighted by atomic mass is 35.5. The van der Waals surface area contributed by atoms with E-state index in [9.17, 15) is 18.0 Å². The van der Waals surface area contributed by atoms with Crippen molar-refractivity contribution < 1.29 is 22.7 Å². The number of hydrogen-bond acceptors (Lipinski definition) is 3. The SMILES string of the molecule is Nc1cc(Cl)ccc1NC(=O)CCCOCC(F)(F)F. The van der Waals surface area contributed by atoms with Crippen molar-refractivity contribution in [3.63, 3.8) is 0 Å². The van der Waals surface area contributed by atoms with Crippen LogP contribution in [0.25, 0.3) is 0 Å². The van der Waals surface area contributed by atoms with Crippen LogP contribution in [0.3, 0.4) is 0 Å². The van der Waals surface area contributed by atoms with Crippen molar-refractivity contribution in [2.75, 3.05) is 24.3 Å². The molecule has 0 heterocycles. The summed E-state index contributed by atoms with van der Waals surface area (Å²) in [6.45, 7) is -1.44. The Balaban J connectivity index is 2.27. The van der Waals surface area contributed by atoms with E-state index in [1.54, 1.807) is 12.1 Å². The van der Waals surface area contributed by atoms with Gasteiger partial charge in [0.2, 0.25) is 5.91 Å². The quantitative estimate of drug-likeness (QED) is 0.626. The summed E-state index contributed by atoms with van der Waals surface area (Å²) < 4.78 is 39.7. The number of amides is 1. The molecule has 0 aliphatic carbocycles. The highest BCUT2D eigenvalue weighted by Gasteiger charge is 2.27. The van der Waals surface area contributed by atoms with Crippen LogP contribution in [-0.2, 0) is 9.53 Å². The van der Waals surface area contributed by atoms with Crippen LogP contribution in [-0.4, -0.2) is 25.3 Å². The minimum Gasteiger partial charge on any atom is -0.397 e. The Bertz CT molecular complexity index is 467. The first-order valence-electron chi connectivity index (χ1n) is 5.77. The number of carbonyl (C=O) groups is 1. The van der Waals surface area contributed by atoms with Crippen LogP contribution in [0.5, 0.6) is 0 Å². The lowest BCUT2D eigenvalue weighted by Crippen LogP contribution is -2.18. The number of nitrogen functional groups attached to an aromatic ring is 1. The van der Waals surface area contributed by atoms with Crippen LogP contribution in [0, 0.1) is 0 Å². The first-order valence-corrected chi connectivity index (χ1v) is 6.15. The molecule has 0 bridgehead atoms. The Morgan fingerprint density at radius 3 is 2.70 bits per heavy atom. The molecule has 0 saturated carbocycles. The van der Waals surface area contributed by atoms with Gasteiger partial charge in [-0.05, 0) is 24.6 Å². The summed E-state index contributed by atoms with van der Waals surface area (Å²) in [5, 5.41) is 2.99. The van der Waals surface area contributed by atoms with Crippen LogP contribution in [0.15, 0.2) is 18.2 Å².